The molecule has 0 radical (unpaired) electrons. The zero-order chi connectivity index (χ0) is 16.2. The Balaban J connectivity index is 1.62. The third-order valence-electron chi connectivity index (χ3n) is 4.16. The second-order valence-electron chi connectivity index (χ2n) is 5.69. The second kappa shape index (κ2) is 6.68. The number of aliphatic carboxylic acids is 1. The van der Waals surface area contributed by atoms with Crippen LogP contribution in [0.2, 0.25) is 0 Å². The average Bonchev–Trinajstić information content (AvgIpc) is 3.04. The number of benzene rings is 1. The van der Waals surface area contributed by atoms with Gasteiger partial charge < -0.3 is 19.7 Å². The highest BCUT2D eigenvalue weighted by Gasteiger charge is 2.26. The van der Waals surface area contributed by atoms with Crippen LogP contribution in [0.4, 0.5) is 6.01 Å². The molecule has 1 heterocycles. The highest BCUT2D eigenvalue weighted by atomic mass is 16.5. The first-order chi connectivity index (χ1) is 11.2. The fourth-order valence-corrected chi connectivity index (χ4v) is 2.82. The standard InChI is InChI=1S/C16H19N3O4/c1-22-13-4-2-3-11(9-13)14-18-16(23-19-14)17-12-7-5-10(6-8-12)15(20)21/h2-4,9-10,12H,5-8H2,1H3,(H,20,21)(H,17,18,19). The van der Waals surface area contributed by atoms with E-state index in [1.165, 1.54) is 0 Å². The van der Waals surface area contributed by atoms with E-state index in [1.807, 2.05) is 24.3 Å². The van der Waals surface area contributed by atoms with Gasteiger partial charge in [-0.2, -0.15) is 4.98 Å². The van der Waals surface area contributed by atoms with Crippen LogP contribution in [0.25, 0.3) is 11.4 Å². The van der Waals surface area contributed by atoms with Gasteiger partial charge in [0, 0.05) is 11.6 Å². The maximum atomic E-state index is 11.0. The van der Waals surface area contributed by atoms with E-state index in [1.54, 1.807) is 7.11 Å². The Kier molecular flexibility index (Phi) is 4.45. The van der Waals surface area contributed by atoms with Gasteiger partial charge in [-0.15, -0.1) is 0 Å². The number of ether oxygens (including phenoxy) is 1. The Morgan fingerprint density at radius 3 is 2.83 bits per heavy atom. The molecule has 1 aliphatic carbocycles. The molecule has 0 spiro atoms. The SMILES string of the molecule is COc1cccc(-c2noc(NC3CCC(C(=O)O)CC3)n2)c1. The normalized spacial score (nSPS) is 20.9. The van der Waals surface area contributed by atoms with Gasteiger partial charge in [0.2, 0.25) is 5.82 Å². The molecule has 0 aliphatic heterocycles. The number of hydrogen-bond acceptors (Lipinski definition) is 6. The van der Waals surface area contributed by atoms with Crippen molar-refractivity contribution in [3.05, 3.63) is 24.3 Å². The highest BCUT2D eigenvalue weighted by Crippen LogP contribution is 2.27. The Bertz CT molecular complexity index is 677. The van der Waals surface area contributed by atoms with Crippen LogP contribution in [0.1, 0.15) is 25.7 Å². The van der Waals surface area contributed by atoms with Crippen molar-refractivity contribution >= 4 is 12.0 Å². The molecule has 2 aromatic rings. The van der Waals surface area contributed by atoms with E-state index < -0.39 is 5.97 Å². The minimum absolute atomic E-state index is 0.171. The van der Waals surface area contributed by atoms with Crippen LogP contribution in [-0.2, 0) is 4.79 Å². The van der Waals surface area contributed by atoms with E-state index in [4.69, 9.17) is 14.4 Å². The summed E-state index contributed by atoms with van der Waals surface area (Å²) >= 11 is 0. The van der Waals surface area contributed by atoms with E-state index in [0.717, 1.165) is 24.2 Å². The largest absolute Gasteiger partial charge is 0.497 e. The molecule has 7 heteroatoms. The number of nitrogens with one attached hydrogen (secondary N) is 1. The fraction of sp³-hybridized carbons (Fsp3) is 0.438. The number of anilines is 1. The van der Waals surface area contributed by atoms with Gasteiger partial charge in [0.1, 0.15) is 5.75 Å². The number of nitrogens with zero attached hydrogens (tertiary/aromatic N) is 2. The lowest BCUT2D eigenvalue weighted by molar-refractivity contribution is -0.142. The molecule has 1 aliphatic rings. The van der Waals surface area contributed by atoms with Crippen LogP contribution in [0.15, 0.2) is 28.8 Å². The summed E-state index contributed by atoms with van der Waals surface area (Å²) in [5.74, 6) is 0.282. The first-order valence-corrected chi connectivity index (χ1v) is 7.63. The first-order valence-electron chi connectivity index (χ1n) is 7.63. The summed E-state index contributed by atoms with van der Waals surface area (Å²) in [4.78, 5) is 15.3. The third kappa shape index (κ3) is 3.61. The van der Waals surface area contributed by atoms with Crippen molar-refractivity contribution < 1.29 is 19.2 Å². The second-order valence-corrected chi connectivity index (χ2v) is 5.69. The summed E-state index contributed by atoms with van der Waals surface area (Å²) in [6.07, 6.45) is 2.91. The zero-order valence-electron chi connectivity index (χ0n) is 12.9. The molecule has 0 atom stereocenters. The van der Waals surface area contributed by atoms with Gasteiger partial charge in [-0.3, -0.25) is 4.79 Å². The summed E-state index contributed by atoms with van der Waals surface area (Å²) in [5, 5.41) is 16.2. The Morgan fingerprint density at radius 1 is 1.35 bits per heavy atom. The van der Waals surface area contributed by atoms with E-state index in [9.17, 15) is 4.79 Å². The molecule has 0 bridgehead atoms. The molecule has 0 saturated heterocycles. The van der Waals surface area contributed by atoms with Crippen molar-refractivity contribution in [2.24, 2.45) is 5.92 Å². The molecule has 1 aromatic carbocycles. The fourth-order valence-electron chi connectivity index (χ4n) is 2.82. The van der Waals surface area contributed by atoms with Crippen molar-refractivity contribution in [1.29, 1.82) is 0 Å². The van der Waals surface area contributed by atoms with Crippen molar-refractivity contribution in [2.75, 3.05) is 12.4 Å². The Hall–Kier alpha value is -2.57. The zero-order valence-corrected chi connectivity index (χ0v) is 12.9. The number of hydrogen-bond donors (Lipinski definition) is 2. The number of carboxylic acids is 1. The summed E-state index contributed by atoms with van der Waals surface area (Å²) in [6, 6.07) is 7.97. The quantitative estimate of drug-likeness (QED) is 0.875. The van der Waals surface area contributed by atoms with Crippen molar-refractivity contribution in [3.63, 3.8) is 0 Å². The Labute approximate surface area is 133 Å². The lowest BCUT2D eigenvalue weighted by Gasteiger charge is -2.25. The summed E-state index contributed by atoms with van der Waals surface area (Å²) in [6.45, 7) is 0. The molecule has 1 aromatic heterocycles. The van der Waals surface area contributed by atoms with E-state index in [0.29, 0.717) is 24.7 Å². The van der Waals surface area contributed by atoms with E-state index in [2.05, 4.69) is 15.5 Å². The van der Waals surface area contributed by atoms with Gasteiger partial charge in [-0.1, -0.05) is 17.3 Å². The van der Waals surface area contributed by atoms with Crippen molar-refractivity contribution in [2.45, 2.75) is 31.7 Å². The average molecular weight is 317 g/mol. The smallest absolute Gasteiger partial charge is 0.322 e. The molecule has 1 saturated carbocycles. The summed E-state index contributed by atoms with van der Waals surface area (Å²) in [7, 11) is 1.61. The molecule has 1 fully saturated rings. The topological polar surface area (TPSA) is 97.5 Å². The predicted molar refractivity (Wildman–Crippen MR) is 83.3 cm³/mol. The maximum Gasteiger partial charge on any atom is 0.322 e. The lowest BCUT2D eigenvalue weighted by atomic mass is 9.86. The minimum atomic E-state index is -0.707. The maximum absolute atomic E-state index is 11.0. The van der Waals surface area contributed by atoms with Gasteiger partial charge in [0.25, 0.3) is 0 Å². The van der Waals surface area contributed by atoms with Crippen LogP contribution in [0, 0.1) is 5.92 Å². The molecular formula is C16H19N3O4. The molecular weight excluding hydrogens is 298 g/mol. The number of aromatic nitrogens is 2. The molecule has 7 nitrogen and oxygen atoms in total. The number of carbonyl (C=O) groups is 1. The Morgan fingerprint density at radius 2 is 2.13 bits per heavy atom. The predicted octanol–water partition coefficient (Wildman–Crippen LogP) is 2.80. The lowest BCUT2D eigenvalue weighted by Crippen LogP contribution is -2.29. The van der Waals surface area contributed by atoms with Gasteiger partial charge in [0.05, 0.1) is 13.0 Å². The molecule has 122 valence electrons. The molecule has 2 N–H and O–H groups in total. The summed E-state index contributed by atoms with van der Waals surface area (Å²) in [5.41, 5.74) is 0.815. The van der Waals surface area contributed by atoms with Crippen LogP contribution < -0.4 is 10.1 Å². The molecule has 3 rings (SSSR count). The third-order valence-corrected chi connectivity index (χ3v) is 4.16. The minimum Gasteiger partial charge on any atom is -0.497 e. The first kappa shape index (κ1) is 15.3. The van der Waals surface area contributed by atoms with Crippen LogP contribution >= 0.6 is 0 Å². The van der Waals surface area contributed by atoms with Crippen LogP contribution in [-0.4, -0.2) is 34.4 Å². The number of carboxylic acid groups (broad SMARTS) is 1. The summed E-state index contributed by atoms with van der Waals surface area (Å²) < 4.78 is 10.4. The van der Waals surface area contributed by atoms with E-state index in [-0.39, 0.29) is 12.0 Å². The number of rotatable bonds is 5. The highest BCUT2D eigenvalue weighted by molar-refractivity contribution is 5.70. The van der Waals surface area contributed by atoms with Crippen LogP contribution in [0.5, 0.6) is 5.75 Å². The van der Waals surface area contributed by atoms with Gasteiger partial charge in [-0.25, -0.2) is 0 Å². The molecule has 23 heavy (non-hydrogen) atoms. The van der Waals surface area contributed by atoms with E-state index >= 15 is 0 Å². The number of methoxy groups -OCH3 is 1. The van der Waals surface area contributed by atoms with Gasteiger partial charge >= 0.3 is 12.0 Å². The van der Waals surface area contributed by atoms with Crippen molar-refractivity contribution in [3.8, 4) is 17.1 Å². The van der Waals surface area contributed by atoms with Gasteiger partial charge in [-0.05, 0) is 37.8 Å². The van der Waals surface area contributed by atoms with Gasteiger partial charge in [0.15, 0.2) is 0 Å². The van der Waals surface area contributed by atoms with Crippen molar-refractivity contribution in [1.82, 2.24) is 10.1 Å². The monoisotopic (exact) mass is 317 g/mol. The van der Waals surface area contributed by atoms with Crippen LogP contribution in [0.3, 0.4) is 0 Å². The molecule has 0 unspecified atom stereocenters. The molecule has 0 amide bonds.